The molecule has 0 aliphatic rings. The lowest BCUT2D eigenvalue weighted by atomic mass is 10.0. The van der Waals surface area contributed by atoms with Gasteiger partial charge in [0.25, 0.3) is 5.91 Å². The number of aliphatic hydroxyl groups is 1. The number of benzene rings is 1. The van der Waals surface area contributed by atoms with E-state index in [2.05, 4.69) is 5.32 Å². The molecule has 2 N–H and O–H groups in total. The smallest absolute Gasteiger partial charge is 0.255 e. The van der Waals surface area contributed by atoms with E-state index in [-0.39, 0.29) is 12.5 Å². The van der Waals surface area contributed by atoms with E-state index >= 15 is 0 Å². The number of amides is 1. The molecule has 1 amide bonds. The van der Waals surface area contributed by atoms with Crippen molar-refractivity contribution in [2.24, 2.45) is 0 Å². The van der Waals surface area contributed by atoms with Gasteiger partial charge < -0.3 is 24.0 Å². The molecule has 3 rings (SSSR count). The predicted molar refractivity (Wildman–Crippen MR) is 92.9 cm³/mol. The zero-order chi connectivity index (χ0) is 18.2. The number of hydrogen-bond acceptors (Lipinski definition) is 5. The molecule has 132 valence electrons. The third-order valence-corrected chi connectivity index (χ3v) is 4.16. The van der Waals surface area contributed by atoms with E-state index in [1.54, 1.807) is 58.2 Å². The van der Waals surface area contributed by atoms with E-state index in [9.17, 15) is 9.90 Å². The van der Waals surface area contributed by atoms with E-state index in [1.807, 2.05) is 0 Å². The summed E-state index contributed by atoms with van der Waals surface area (Å²) in [6.45, 7) is 5.13. The van der Waals surface area contributed by atoms with Gasteiger partial charge in [-0.2, -0.15) is 0 Å². The van der Waals surface area contributed by atoms with E-state index in [1.165, 1.54) is 0 Å². The number of carbonyl (C=O) groups excluding carboxylic acids is 1. The fraction of sp³-hybridized carbons (Fsp3) is 0.316. The normalized spacial score (nSPS) is 13.6. The molecule has 0 radical (unpaired) electrons. The number of carbonyl (C=O) groups is 1. The van der Waals surface area contributed by atoms with Gasteiger partial charge in [0.2, 0.25) is 0 Å². The summed E-state index contributed by atoms with van der Waals surface area (Å²) in [5, 5.41) is 14.0. The maximum atomic E-state index is 12.7. The molecule has 0 saturated heterocycles. The van der Waals surface area contributed by atoms with Gasteiger partial charge in [-0.15, -0.1) is 0 Å². The van der Waals surface area contributed by atoms with E-state index in [0.29, 0.717) is 39.6 Å². The van der Waals surface area contributed by atoms with Gasteiger partial charge in [0.1, 0.15) is 34.2 Å². The van der Waals surface area contributed by atoms with Gasteiger partial charge >= 0.3 is 0 Å². The van der Waals surface area contributed by atoms with Gasteiger partial charge in [-0.05, 0) is 51.1 Å². The Kier molecular flexibility index (Phi) is 4.30. The van der Waals surface area contributed by atoms with Crippen LogP contribution in [0.15, 0.2) is 39.2 Å². The van der Waals surface area contributed by atoms with Crippen molar-refractivity contribution in [2.75, 3.05) is 13.7 Å². The number of furan rings is 2. The summed E-state index contributed by atoms with van der Waals surface area (Å²) in [6.07, 6.45) is 0. The van der Waals surface area contributed by atoms with Crippen molar-refractivity contribution in [2.45, 2.75) is 26.4 Å². The summed E-state index contributed by atoms with van der Waals surface area (Å²) in [7, 11) is 1.57. The third kappa shape index (κ3) is 3.25. The van der Waals surface area contributed by atoms with E-state index in [4.69, 9.17) is 13.6 Å². The average molecular weight is 343 g/mol. The average Bonchev–Trinajstić information content (AvgIpc) is 3.15. The first-order valence-electron chi connectivity index (χ1n) is 7.96. The number of ether oxygens (including phenoxy) is 1. The van der Waals surface area contributed by atoms with Crippen LogP contribution in [-0.2, 0) is 5.60 Å². The molecule has 2 aromatic heterocycles. The SMILES string of the molecule is COc1ccc2oc(C)c(C(=O)NCC(C)(O)c3ccc(C)o3)c2c1. The third-order valence-electron chi connectivity index (χ3n) is 4.16. The molecule has 6 heteroatoms. The molecule has 2 heterocycles. The standard InChI is InChI=1S/C19H21NO5/c1-11-5-8-16(24-11)19(3,22)10-20-18(21)17-12(2)25-15-7-6-13(23-4)9-14(15)17/h5-9,22H,10H2,1-4H3,(H,20,21). The second-order valence-corrected chi connectivity index (χ2v) is 6.26. The molecular weight excluding hydrogens is 322 g/mol. The number of aryl methyl sites for hydroxylation is 2. The fourth-order valence-corrected chi connectivity index (χ4v) is 2.76. The Bertz CT molecular complexity index is 919. The lowest BCUT2D eigenvalue weighted by Gasteiger charge is -2.21. The molecule has 1 unspecified atom stereocenters. The lowest BCUT2D eigenvalue weighted by molar-refractivity contribution is 0.0323. The molecule has 0 saturated carbocycles. The highest BCUT2D eigenvalue weighted by Gasteiger charge is 2.28. The maximum absolute atomic E-state index is 12.7. The molecule has 0 aliphatic heterocycles. The molecule has 0 fully saturated rings. The molecule has 3 aromatic rings. The highest BCUT2D eigenvalue weighted by Crippen LogP contribution is 2.29. The van der Waals surface area contributed by atoms with Gasteiger partial charge in [0.05, 0.1) is 19.2 Å². The van der Waals surface area contributed by atoms with Gasteiger partial charge in [0, 0.05) is 5.39 Å². The first kappa shape index (κ1) is 17.1. The molecule has 0 aliphatic carbocycles. The molecular formula is C19H21NO5. The van der Waals surface area contributed by atoms with E-state index in [0.717, 1.165) is 0 Å². The van der Waals surface area contributed by atoms with Crippen LogP contribution < -0.4 is 10.1 Å². The molecule has 6 nitrogen and oxygen atoms in total. The van der Waals surface area contributed by atoms with Gasteiger partial charge in [0.15, 0.2) is 0 Å². The Hall–Kier alpha value is -2.73. The Labute approximate surface area is 145 Å². The van der Waals surface area contributed by atoms with Crippen LogP contribution in [0.4, 0.5) is 0 Å². The van der Waals surface area contributed by atoms with Crippen molar-refractivity contribution in [3.05, 3.63) is 53.2 Å². The molecule has 0 bridgehead atoms. The van der Waals surface area contributed by atoms with Crippen molar-refractivity contribution in [3.8, 4) is 5.75 Å². The van der Waals surface area contributed by atoms with Gasteiger partial charge in [-0.25, -0.2) is 0 Å². The van der Waals surface area contributed by atoms with Crippen LogP contribution in [0.5, 0.6) is 5.75 Å². The highest BCUT2D eigenvalue weighted by atomic mass is 16.5. The minimum Gasteiger partial charge on any atom is -0.497 e. The minimum atomic E-state index is -1.31. The van der Waals surface area contributed by atoms with Crippen LogP contribution in [0.3, 0.4) is 0 Å². The van der Waals surface area contributed by atoms with Crippen molar-refractivity contribution in [3.63, 3.8) is 0 Å². The summed E-state index contributed by atoms with van der Waals surface area (Å²) in [5.41, 5.74) is -0.271. The summed E-state index contributed by atoms with van der Waals surface area (Å²) in [4.78, 5) is 12.7. The molecule has 25 heavy (non-hydrogen) atoms. The van der Waals surface area contributed by atoms with Crippen LogP contribution in [0.2, 0.25) is 0 Å². The lowest BCUT2D eigenvalue weighted by Crippen LogP contribution is -2.38. The summed E-state index contributed by atoms with van der Waals surface area (Å²) < 4.78 is 16.3. The van der Waals surface area contributed by atoms with Gasteiger partial charge in [-0.1, -0.05) is 0 Å². The maximum Gasteiger partial charge on any atom is 0.255 e. The second-order valence-electron chi connectivity index (χ2n) is 6.26. The molecule has 1 atom stereocenters. The topological polar surface area (TPSA) is 84.8 Å². The largest absolute Gasteiger partial charge is 0.497 e. The van der Waals surface area contributed by atoms with Gasteiger partial charge in [-0.3, -0.25) is 4.79 Å². The molecule has 1 aromatic carbocycles. The fourth-order valence-electron chi connectivity index (χ4n) is 2.76. The number of nitrogens with one attached hydrogen (secondary N) is 1. The Morgan fingerprint density at radius 2 is 2.00 bits per heavy atom. The van der Waals surface area contributed by atoms with Crippen molar-refractivity contribution in [1.82, 2.24) is 5.32 Å². The number of hydrogen-bond donors (Lipinski definition) is 2. The number of rotatable bonds is 5. The van der Waals surface area contributed by atoms with Crippen molar-refractivity contribution in [1.29, 1.82) is 0 Å². The Morgan fingerprint density at radius 3 is 2.64 bits per heavy atom. The van der Waals surface area contributed by atoms with E-state index < -0.39 is 5.60 Å². The van der Waals surface area contributed by atoms with Crippen LogP contribution in [0.1, 0.15) is 34.6 Å². The minimum absolute atomic E-state index is 0.00880. The quantitative estimate of drug-likeness (QED) is 0.742. The molecule has 0 spiro atoms. The Balaban J connectivity index is 1.84. The summed E-state index contributed by atoms with van der Waals surface area (Å²) in [6, 6.07) is 8.77. The number of methoxy groups -OCH3 is 1. The van der Waals surface area contributed by atoms with Crippen LogP contribution >= 0.6 is 0 Å². The van der Waals surface area contributed by atoms with Crippen molar-refractivity contribution >= 4 is 16.9 Å². The monoisotopic (exact) mass is 343 g/mol. The first-order chi connectivity index (χ1) is 11.8. The zero-order valence-electron chi connectivity index (χ0n) is 14.7. The van der Waals surface area contributed by atoms with Crippen LogP contribution in [0.25, 0.3) is 11.0 Å². The highest BCUT2D eigenvalue weighted by molar-refractivity contribution is 6.07. The first-order valence-corrected chi connectivity index (χ1v) is 7.96. The number of fused-ring (bicyclic) bond motifs is 1. The predicted octanol–water partition coefficient (Wildman–Crippen LogP) is 3.29. The second kappa shape index (κ2) is 6.29. The van der Waals surface area contributed by atoms with Crippen LogP contribution in [0, 0.1) is 13.8 Å². The summed E-state index contributed by atoms with van der Waals surface area (Å²) >= 11 is 0. The zero-order valence-corrected chi connectivity index (χ0v) is 14.7. The summed E-state index contributed by atoms with van der Waals surface area (Å²) in [5.74, 6) is 1.92. The van der Waals surface area contributed by atoms with Crippen molar-refractivity contribution < 1.29 is 23.5 Å². The Morgan fingerprint density at radius 1 is 1.24 bits per heavy atom. The van der Waals surface area contributed by atoms with Crippen LogP contribution in [-0.4, -0.2) is 24.7 Å².